The molecule has 39 heavy (non-hydrogen) atoms. The van der Waals surface area contributed by atoms with Gasteiger partial charge in [0.25, 0.3) is 0 Å². The minimum absolute atomic E-state index is 0.188. The van der Waals surface area contributed by atoms with E-state index >= 15 is 0 Å². The first kappa shape index (κ1) is 28.8. The molecule has 5 N–H and O–H groups in total. The van der Waals surface area contributed by atoms with Gasteiger partial charge in [0, 0.05) is 42.9 Å². The standard InChI is InChI=1S/C30H38N2O7/c33-20-26(35)30-29(37)25(34)19-32(28(36)14-13-22-18-31-24-11-3-2-10-23(22)24)15-7-17-38-27-12-4-1-8-21(27)9-5-6-16-39-30/h1-4,8,10-14,18,25-26,29-31,33-35,37H,5-7,9,15-17,19-20H2/b14-13+/t25-,26-,29-,30-/m1/s1. The Bertz CT molecular complexity index is 1230. The molecule has 0 spiro atoms. The molecule has 1 aliphatic heterocycles. The number of ether oxygens (including phenoxy) is 2. The lowest BCUT2D eigenvalue weighted by molar-refractivity contribution is -0.150. The zero-order chi connectivity index (χ0) is 27.6. The molecule has 0 aliphatic carbocycles. The van der Waals surface area contributed by atoms with E-state index in [9.17, 15) is 25.2 Å². The van der Waals surface area contributed by atoms with Crippen molar-refractivity contribution in [3.63, 3.8) is 0 Å². The van der Waals surface area contributed by atoms with Gasteiger partial charge in [-0.15, -0.1) is 0 Å². The molecule has 4 rings (SSSR count). The second-order valence-electron chi connectivity index (χ2n) is 9.82. The zero-order valence-electron chi connectivity index (χ0n) is 22.0. The van der Waals surface area contributed by atoms with Crippen LogP contribution in [0.2, 0.25) is 0 Å². The Morgan fingerprint density at radius 2 is 1.87 bits per heavy atom. The summed E-state index contributed by atoms with van der Waals surface area (Å²) in [5.74, 6) is 0.458. The number of aliphatic hydroxyl groups excluding tert-OH is 4. The minimum Gasteiger partial charge on any atom is -0.493 e. The third-order valence-corrected chi connectivity index (χ3v) is 7.00. The van der Waals surface area contributed by atoms with Gasteiger partial charge in [-0.2, -0.15) is 0 Å². The van der Waals surface area contributed by atoms with Crippen molar-refractivity contribution in [2.75, 3.05) is 32.9 Å². The molecule has 2 heterocycles. The first-order valence-corrected chi connectivity index (χ1v) is 13.5. The van der Waals surface area contributed by atoms with Crippen molar-refractivity contribution in [2.24, 2.45) is 0 Å². The van der Waals surface area contributed by atoms with Crippen LogP contribution in [-0.4, -0.2) is 93.5 Å². The van der Waals surface area contributed by atoms with Crippen molar-refractivity contribution in [3.05, 3.63) is 71.9 Å². The quantitative estimate of drug-likeness (QED) is 0.322. The molecule has 9 heteroatoms. The van der Waals surface area contributed by atoms with Gasteiger partial charge in [0.05, 0.1) is 13.2 Å². The molecular weight excluding hydrogens is 500 g/mol. The number of aliphatic hydroxyl groups is 4. The van der Waals surface area contributed by atoms with Gasteiger partial charge in [0.1, 0.15) is 30.2 Å². The highest BCUT2D eigenvalue weighted by Crippen LogP contribution is 2.22. The van der Waals surface area contributed by atoms with E-state index in [0.717, 1.165) is 40.6 Å². The SMILES string of the molecule is O=C(/C=C/c1c[nH]c2ccccc12)N1CCCOc2ccccc2CCCCO[C@H]([C@H](O)CO)[C@H](O)[C@H](O)C1. The summed E-state index contributed by atoms with van der Waals surface area (Å²) in [5.41, 5.74) is 2.88. The number of nitrogens with zero attached hydrogens (tertiary/aromatic N) is 1. The predicted octanol–water partition coefficient (Wildman–Crippen LogP) is 2.28. The van der Waals surface area contributed by atoms with Gasteiger partial charge >= 0.3 is 0 Å². The van der Waals surface area contributed by atoms with Gasteiger partial charge < -0.3 is 39.8 Å². The molecule has 1 aliphatic rings. The number of aromatic amines is 1. The van der Waals surface area contributed by atoms with Crippen molar-refractivity contribution >= 4 is 22.9 Å². The van der Waals surface area contributed by atoms with Gasteiger partial charge in [0.15, 0.2) is 0 Å². The van der Waals surface area contributed by atoms with E-state index in [4.69, 9.17) is 9.47 Å². The molecule has 0 fully saturated rings. The molecule has 3 aromatic rings. The average Bonchev–Trinajstić information content (AvgIpc) is 3.37. The van der Waals surface area contributed by atoms with Gasteiger partial charge in [-0.3, -0.25) is 4.79 Å². The lowest BCUT2D eigenvalue weighted by Gasteiger charge is -2.32. The number of carbonyl (C=O) groups is 1. The van der Waals surface area contributed by atoms with E-state index in [-0.39, 0.29) is 25.6 Å². The maximum Gasteiger partial charge on any atom is 0.246 e. The molecule has 4 atom stereocenters. The maximum atomic E-state index is 13.3. The van der Waals surface area contributed by atoms with E-state index in [0.29, 0.717) is 19.4 Å². The molecule has 9 nitrogen and oxygen atoms in total. The fourth-order valence-electron chi connectivity index (χ4n) is 4.81. The Balaban J connectivity index is 1.53. The zero-order valence-corrected chi connectivity index (χ0v) is 22.0. The fourth-order valence-corrected chi connectivity index (χ4v) is 4.81. The Morgan fingerprint density at radius 3 is 2.72 bits per heavy atom. The Labute approximate surface area is 228 Å². The van der Waals surface area contributed by atoms with Crippen LogP contribution in [-0.2, 0) is 16.0 Å². The van der Waals surface area contributed by atoms with Gasteiger partial charge in [0.2, 0.25) is 5.91 Å². The number of amides is 1. The molecule has 0 radical (unpaired) electrons. The van der Waals surface area contributed by atoms with Crippen LogP contribution in [0.4, 0.5) is 0 Å². The molecule has 0 unspecified atom stereocenters. The molecule has 0 bridgehead atoms. The molecule has 210 valence electrons. The minimum atomic E-state index is -1.51. The number of hydrogen-bond donors (Lipinski definition) is 5. The first-order valence-electron chi connectivity index (χ1n) is 13.5. The number of aryl methyl sites for hydroxylation is 1. The second-order valence-corrected chi connectivity index (χ2v) is 9.82. The van der Waals surface area contributed by atoms with E-state index in [1.165, 1.54) is 11.0 Å². The summed E-state index contributed by atoms with van der Waals surface area (Å²) in [6.45, 7) is 0.0597. The number of hydrogen-bond acceptors (Lipinski definition) is 7. The van der Waals surface area contributed by atoms with Crippen LogP contribution in [0.5, 0.6) is 5.75 Å². The summed E-state index contributed by atoms with van der Waals surface area (Å²) >= 11 is 0. The highest BCUT2D eigenvalue weighted by molar-refractivity contribution is 5.96. The third kappa shape index (κ3) is 7.68. The lowest BCUT2D eigenvalue weighted by Crippen LogP contribution is -2.51. The summed E-state index contributed by atoms with van der Waals surface area (Å²) in [6, 6.07) is 15.6. The van der Waals surface area contributed by atoms with Gasteiger partial charge in [-0.25, -0.2) is 0 Å². The number of aromatic nitrogens is 1. The van der Waals surface area contributed by atoms with Crippen molar-refractivity contribution in [1.82, 2.24) is 9.88 Å². The molecule has 2 aromatic carbocycles. The van der Waals surface area contributed by atoms with Crippen LogP contribution in [0.25, 0.3) is 17.0 Å². The van der Waals surface area contributed by atoms with E-state index < -0.39 is 31.0 Å². The number of fused-ring (bicyclic) bond motifs is 2. The van der Waals surface area contributed by atoms with Crippen molar-refractivity contribution in [1.29, 1.82) is 0 Å². The predicted molar refractivity (Wildman–Crippen MR) is 148 cm³/mol. The van der Waals surface area contributed by atoms with Crippen molar-refractivity contribution in [2.45, 2.75) is 50.1 Å². The fraction of sp³-hybridized carbons (Fsp3) is 0.433. The maximum absolute atomic E-state index is 13.3. The highest BCUT2D eigenvalue weighted by Gasteiger charge is 2.34. The van der Waals surface area contributed by atoms with Gasteiger partial charge in [-0.1, -0.05) is 36.4 Å². The first-order chi connectivity index (χ1) is 19.0. The normalized spacial score (nSPS) is 22.9. The average molecular weight is 539 g/mol. The van der Waals surface area contributed by atoms with Crippen molar-refractivity contribution < 1.29 is 34.7 Å². The topological polar surface area (TPSA) is 135 Å². The lowest BCUT2D eigenvalue weighted by atomic mass is 10.0. The van der Waals surface area contributed by atoms with E-state index in [2.05, 4.69) is 4.98 Å². The van der Waals surface area contributed by atoms with Crippen LogP contribution in [0.3, 0.4) is 0 Å². The highest BCUT2D eigenvalue weighted by atomic mass is 16.5. The van der Waals surface area contributed by atoms with Gasteiger partial charge in [-0.05, 0) is 55.0 Å². The molecular formula is C30H38N2O7. The molecule has 1 aromatic heterocycles. The number of rotatable bonds is 4. The van der Waals surface area contributed by atoms with E-state index in [1.54, 1.807) is 6.08 Å². The van der Waals surface area contributed by atoms with Crippen LogP contribution in [0, 0.1) is 0 Å². The number of carbonyl (C=O) groups excluding carboxylic acids is 1. The Morgan fingerprint density at radius 1 is 1.08 bits per heavy atom. The summed E-state index contributed by atoms with van der Waals surface area (Å²) < 4.78 is 11.8. The van der Waals surface area contributed by atoms with Crippen LogP contribution in [0.15, 0.2) is 60.8 Å². The number of H-pyrrole nitrogens is 1. The summed E-state index contributed by atoms with van der Waals surface area (Å²) in [4.78, 5) is 17.9. The number of para-hydroxylation sites is 2. The number of benzene rings is 2. The third-order valence-electron chi connectivity index (χ3n) is 7.00. The monoisotopic (exact) mass is 538 g/mol. The Hall–Kier alpha value is -3.21. The summed E-state index contributed by atoms with van der Waals surface area (Å²) in [7, 11) is 0. The smallest absolute Gasteiger partial charge is 0.246 e. The van der Waals surface area contributed by atoms with E-state index in [1.807, 2.05) is 54.7 Å². The van der Waals surface area contributed by atoms with Crippen LogP contribution in [0.1, 0.15) is 30.4 Å². The second kappa shape index (κ2) is 14.3. The largest absolute Gasteiger partial charge is 0.493 e. The Kier molecular flexibility index (Phi) is 10.5. The molecule has 1 amide bonds. The van der Waals surface area contributed by atoms with Crippen LogP contribution >= 0.6 is 0 Å². The number of nitrogens with one attached hydrogen (secondary N) is 1. The molecule has 0 saturated carbocycles. The summed E-state index contributed by atoms with van der Waals surface area (Å²) in [5, 5.41) is 42.5. The van der Waals surface area contributed by atoms with Crippen LogP contribution < -0.4 is 4.74 Å². The number of β-amino-alcohol motifs (C(OH)–C–C–N with tert-alkyl or cyclic N) is 1. The molecule has 0 saturated heterocycles. The summed E-state index contributed by atoms with van der Waals surface area (Å²) in [6.07, 6.45) is 2.20. The van der Waals surface area contributed by atoms with Crippen molar-refractivity contribution in [3.8, 4) is 5.75 Å².